The van der Waals surface area contributed by atoms with Gasteiger partial charge in [0.2, 0.25) is 0 Å². The summed E-state index contributed by atoms with van der Waals surface area (Å²) in [6.07, 6.45) is -0.111. The summed E-state index contributed by atoms with van der Waals surface area (Å²) in [7, 11) is -5.33. The molecule has 0 radical (unpaired) electrons. The molecule has 160 valence electrons. The lowest BCUT2D eigenvalue weighted by atomic mass is 9.79. The zero-order valence-corrected chi connectivity index (χ0v) is 17.5. The van der Waals surface area contributed by atoms with Gasteiger partial charge in [0, 0.05) is 11.3 Å². The monoisotopic (exact) mass is 434 g/mol. The highest BCUT2D eigenvalue weighted by Crippen LogP contribution is 2.36. The quantitative estimate of drug-likeness (QED) is 0.436. The van der Waals surface area contributed by atoms with Gasteiger partial charge in [-0.25, -0.2) is 9.78 Å². The van der Waals surface area contributed by atoms with E-state index >= 15 is 0 Å². The van der Waals surface area contributed by atoms with Gasteiger partial charge in [-0.15, -0.1) is 0 Å². The molecule has 1 atom stereocenters. The minimum Gasteiger partial charge on any atom is -0.465 e. The first-order valence-corrected chi connectivity index (χ1v) is 10.6. The topological polar surface area (TPSA) is 164 Å². The van der Waals surface area contributed by atoms with Gasteiger partial charge in [0.15, 0.2) is 5.03 Å². The third-order valence-electron chi connectivity index (χ3n) is 4.66. The summed E-state index contributed by atoms with van der Waals surface area (Å²) in [5.41, 5.74) is 6.91. The van der Waals surface area contributed by atoms with E-state index < -0.39 is 34.7 Å². The largest absolute Gasteiger partial charge is 0.491 e. The second kappa shape index (κ2) is 7.78. The number of aromatic nitrogens is 1. The Morgan fingerprint density at radius 1 is 1.33 bits per heavy atom. The molecule has 0 bridgehead atoms. The molecule has 0 aliphatic carbocycles. The van der Waals surface area contributed by atoms with Gasteiger partial charge in [-0.2, -0.15) is 8.42 Å². The highest BCUT2D eigenvalue weighted by atomic mass is 32.2. The van der Waals surface area contributed by atoms with Gasteiger partial charge < -0.3 is 25.8 Å². The Morgan fingerprint density at radius 2 is 2.03 bits per heavy atom. The number of nitrogen functional groups attached to an aromatic ring is 1. The number of fused-ring (bicyclic) bond motifs is 1. The number of benzene rings is 1. The summed E-state index contributed by atoms with van der Waals surface area (Å²) >= 11 is 0. The normalized spacial score (nSPS) is 14.9. The number of pyridine rings is 1. The first-order chi connectivity index (χ1) is 13.9. The molecule has 3 rings (SSSR count). The van der Waals surface area contributed by atoms with Crippen molar-refractivity contribution in [2.45, 2.75) is 38.4 Å². The SMILES string of the molecule is CC(C)(C)C(NC(=O)O)c1cc(N)cnc1S(=O)(=O)Nc1ccc2c(c1)B(O)OC2. The minimum absolute atomic E-state index is 0.127. The molecule has 1 aromatic carbocycles. The van der Waals surface area contributed by atoms with Crippen LogP contribution in [0.1, 0.15) is 37.9 Å². The van der Waals surface area contributed by atoms with E-state index in [-0.39, 0.29) is 28.6 Å². The van der Waals surface area contributed by atoms with Crippen molar-refractivity contribution in [3.8, 4) is 0 Å². The number of rotatable bonds is 5. The Labute approximate surface area is 174 Å². The van der Waals surface area contributed by atoms with E-state index in [1.165, 1.54) is 18.3 Å². The molecular formula is C18H23BN4O6S. The van der Waals surface area contributed by atoms with Gasteiger partial charge in [0.25, 0.3) is 10.0 Å². The van der Waals surface area contributed by atoms with Crippen molar-refractivity contribution in [1.82, 2.24) is 10.3 Å². The van der Waals surface area contributed by atoms with Gasteiger partial charge in [-0.3, -0.25) is 4.72 Å². The summed E-state index contributed by atoms with van der Waals surface area (Å²) in [6, 6.07) is 5.19. The van der Waals surface area contributed by atoms with Gasteiger partial charge in [0.1, 0.15) is 0 Å². The fraction of sp³-hybridized carbons (Fsp3) is 0.333. The molecule has 2 aromatic rings. The van der Waals surface area contributed by atoms with Gasteiger partial charge in [0.05, 0.1) is 24.5 Å². The molecule has 0 saturated carbocycles. The molecule has 1 aliphatic rings. The van der Waals surface area contributed by atoms with Crippen LogP contribution >= 0.6 is 0 Å². The van der Waals surface area contributed by atoms with Crippen LogP contribution in [0.4, 0.5) is 16.2 Å². The van der Waals surface area contributed by atoms with E-state index in [2.05, 4.69) is 15.0 Å². The van der Waals surface area contributed by atoms with Crippen LogP contribution in [0.5, 0.6) is 0 Å². The number of hydrogen-bond donors (Lipinski definition) is 5. The zero-order valence-electron chi connectivity index (χ0n) is 16.7. The molecule has 0 spiro atoms. The number of anilines is 2. The molecule has 0 saturated heterocycles. The van der Waals surface area contributed by atoms with Crippen molar-refractivity contribution < 1.29 is 28.0 Å². The number of hydrogen-bond acceptors (Lipinski definition) is 7. The number of nitrogens with zero attached hydrogens (tertiary/aromatic N) is 1. The predicted octanol–water partition coefficient (Wildman–Crippen LogP) is 1.04. The maximum atomic E-state index is 13.1. The standard InChI is InChI=1S/C18H23BN4O6S/c1-18(2,3)15(22-17(24)25)13-6-11(20)8-21-16(13)30(27,28)23-12-5-4-10-9-29-19(26)14(10)7-12/h4-8,15,22-23,26H,9,20H2,1-3H3,(H,24,25). The van der Waals surface area contributed by atoms with Crippen molar-refractivity contribution in [2.75, 3.05) is 10.5 Å². The number of amides is 1. The van der Waals surface area contributed by atoms with Crippen LogP contribution in [-0.4, -0.2) is 36.7 Å². The van der Waals surface area contributed by atoms with Crippen LogP contribution in [0.2, 0.25) is 0 Å². The molecule has 1 aliphatic heterocycles. The average Bonchev–Trinajstić information content (AvgIpc) is 2.98. The Balaban J connectivity index is 2.04. The lowest BCUT2D eigenvalue weighted by Crippen LogP contribution is -2.37. The van der Waals surface area contributed by atoms with Crippen LogP contribution in [0.25, 0.3) is 0 Å². The third-order valence-corrected chi connectivity index (χ3v) is 6.01. The van der Waals surface area contributed by atoms with E-state index in [1.54, 1.807) is 32.9 Å². The van der Waals surface area contributed by atoms with E-state index in [1.807, 2.05) is 0 Å². The van der Waals surface area contributed by atoms with E-state index in [0.717, 1.165) is 5.56 Å². The van der Waals surface area contributed by atoms with Crippen molar-refractivity contribution in [1.29, 1.82) is 0 Å². The fourth-order valence-corrected chi connectivity index (χ4v) is 4.50. The molecule has 1 unspecified atom stereocenters. The van der Waals surface area contributed by atoms with E-state index in [4.69, 9.17) is 10.4 Å². The molecule has 30 heavy (non-hydrogen) atoms. The molecule has 12 heteroatoms. The first-order valence-electron chi connectivity index (χ1n) is 9.08. The summed E-state index contributed by atoms with van der Waals surface area (Å²) in [6.45, 7) is 5.54. The maximum absolute atomic E-state index is 13.1. The molecule has 1 aromatic heterocycles. The Hall–Kier alpha value is -2.83. The first kappa shape index (κ1) is 21.9. The van der Waals surface area contributed by atoms with E-state index in [0.29, 0.717) is 5.46 Å². The Bertz CT molecular complexity index is 1090. The zero-order chi connectivity index (χ0) is 22.3. The number of carboxylic acid groups (broad SMARTS) is 1. The molecule has 6 N–H and O–H groups in total. The molecule has 1 amide bonds. The molecule has 2 heterocycles. The number of sulfonamides is 1. The van der Waals surface area contributed by atoms with Crippen molar-refractivity contribution in [2.24, 2.45) is 5.41 Å². The van der Waals surface area contributed by atoms with Crippen LogP contribution in [0.15, 0.2) is 35.5 Å². The van der Waals surface area contributed by atoms with Crippen molar-refractivity contribution >= 4 is 40.1 Å². The van der Waals surface area contributed by atoms with Gasteiger partial charge in [-0.1, -0.05) is 26.8 Å². The van der Waals surface area contributed by atoms with Crippen molar-refractivity contribution in [3.63, 3.8) is 0 Å². The maximum Gasteiger partial charge on any atom is 0.491 e. The second-order valence-corrected chi connectivity index (χ2v) is 9.69. The smallest absolute Gasteiger partial charge is 0.465 e. The molecule has 10 nitrogen and oxygen atoms in total. The molecular weight excluding hydrogens is 411 g/mol. The fourth-order valence-electron chi connectivity index (χ4n) is 3.28. The summed E-state index contributed by atoms with van der Waals surface area (Å²) in [5.74, 6) is 0. The lowest BCUT2D eigenvalue weighted by Gasteiger charge is -2.32. The minimum atomic E-state index is -4.21. The number of carbonyl (C=O) groups is 1. The highest BCUT2D eigenvalue weighted by Gasteiger charge is 2.34. The lowest BCUT2D eigenvalue weighted by molar-refractivity contribution is 0.174. The van der Waals surface area contributed by atoms with Crippen LogP contribution < -0.4 is 21.2 Å². The summed E-state index contributed by atoms with van der Waals surface area (Å²) in [4.78, 5) is 15.3. The molecule has 0 fully saturated rings. The van der Waals surface area contributed by atoms with Crippen LogP contribution in [0, 0.1) is 5.41 Å². The number of nitrogens with one attached hydrogen (secondary N) is 2. The van der Waals surface area contributed by atoms with Crippen LogP contribution in [0.3, 0.4) is 0 Å². The summed E-state index contributed by atoms with van der Waals surface area (Å²) in [5, 5.41) is 21.1. The highest BCUT2D eigenvalue weighted by molar-refractivity contribution is 7.92. The summed E-state index contributed by atoms with van der Waals surface area (Å²) < 4.78 is 33.8. The number of nitrogens with two attached hydrogens (primary N) is 1. The predicted molar refractivity (Wildman–Crippen MR) is 112 cm³/mol. The van der Waals surface area contributed by atoms with Crippen LogP contribution in [-0.2, 0) is 21.3 Å². The van der Waals surface area contributed by atoms with Gasteiger partial charge >= 0.3 is 13.2 Å². The van der Waals surface area contributed by atoms with Crippen molar-refractivity contribution in [3.05, 3.63) is 41.6 Å². The average molecular weight is 434 g/mol. The van der Waals surface area contributed by atoms with Gasteiger partial charge in [-0.05, 0) is 34.6 Å². The Morgan fingerprint density at radius 3 is 2.67 bits per heavy atom. The third kappa shape index (κ3) is 4.50. The second-order valence-electron chi connectivity index (χ2n) is 8.09. The Kier molecular flexibility index (Phi) is 5.67. The van der Waals surface area contributed by atoms with E-state index in [9.17, 15) is 23.3 Å².